The van der Waals surface area contributed by atoms with Crippen molar-refractivity contribution in [3.63, 3.8) is 0 Å². The molecular formula is C6H10O3S. The highest BCUT2D eigenvalue weighted by Crippen LogP contribution is 2.09. The number of carbonyl (C=O) groups is 2. The Kier molecular flexibility index (Phi) is 4.11. The molecule has 3 nitrogen and oxygen atoms in total. The second-order valence-electron chi connectivity index (χ2n) is 1.98. The van der Waals surface area contributed by atoms with E-state index in [0.29, 0.717) is 0 Å². The number of carbonyl (C=O) groups excluding carboxylic acids is 1. The van der Waals surface area contributed by atoms with Crippen molar-refractivity contribution < 1.29 is 14.7 Å². The maximum atomic E-state index is 10.5. The summed E-state index contributed by atoms with van der Waals surface area (Å²) in [5.41, 5.74) is 0. The molecule has 0 aliphatic heterocycles. The van der Waals surface area contributed by atoms with E-state index in [1.807, 2.05) is 13.2 Å². The van der Waals surface area contributed by atoms with E-state index >= 15 is 0 Å². The Balaban J connectivity index is 3.68. The third-order valence-electron chi connectivity index (χ3n) is 1.11. The lowest BCUT2D eigenvalue weighted by molar-refractivity contribution is -0.149. The van der Waals surface area contributed by atoms with E-state index in [-0.39, 0.29) is 11.7 Å². The van der Waals surface area contributed by atoms with Gasteiger partial charge in [-0.15, -0.1) is 0 Å². The van der Waals surface area contributed by atoms with Gasteiger partial charge in [0.15, 0.2) is 0 Å². The molecule has 0 amide bonds. The van der Waals surface area contributed by atoms with Gasteiger partial charge in [0.25, 0.3) is 0 Å². The van der Waals surface area contributed by atoms with Gasteiger partial charge < -0.3 is 5.11 Å². The number of carboxylic acids is 1. The van der Waals surface area contributed by atoms with E-state index in [1.165, 1.54) is 11.8 Å². The Hall–Kier alpha value is -0.510. The number of thioether (sulfide) groups is 1. The van der Waals surface area contributed by atoms with Crippen LogP contribution in [0.15, 0.2) is 0 Å². The summed E-state index contributed by atoms with van der Waals surface area (Å²) >= 11 is 1.49. The fourth-order valence-electron chi connectivity index (χ4n) is 0.432. The highest BCUT2D eigenvalue weighted by molar-refractivity contribution is 7.99. The van der Waals surface area contributed by atoms with Gasteiger partial charge >= 0.3 is 5.97 Å². The van der Waals surface area contributed by atoms with E-state index in [2.05, 4.69) is 0 Å². The van der Waals surface area contributed by atoms with Crippen molar-refractivity contribution >= 4 is 23.5 Å². The minimum absolute atomic E-state index is 0.101. The molecule has 10 heavy (non-hydrogen) atoms. The molecule has 1 unspecified atom stereocenters. The summed E-state index contributed by atoms with van der Waals surface area (Å²) in [6.45, 7) is 1.82. The lowest BCUT2D eigenvalue weighted by atomic mass is 10.2. The number of ketones is 1. The molecule has 0 bridgehead atoms. The van der Waals surface area contributed by atoms with E-state index < -0.39 is 11.8 Å². The van der Waals surface area contributed by atoms with Crippen molar-refractivity contribution in [2.24, 2.45) is 0 Å². The van der Waals surface area contributed by atoms with Gasteiger partial charge in [-0.3, -0.25) is 4.79 Å². The van der Waals surface area contributed by atoms with E-state index in [0.717, 1.165) is 0 Å². The summed E-state index contributed by atoms with van der Waals surface area (Å²) in [7, 11) is 0. The molecule has 0 saturated heterocycles. The number of hydrogen-bond donors (Lipinski definition) is 1. The Morgan fingerprint density at radius 1 is 1.60 bits per heavy atom. The zero-order valence-electron chi connectivity index (χ0n) is 5.96. The van der Waals surface area contributed by atoms with Crippen LogP contribution >= 0.6 is 11.8 Å². The van der Waals surface area contributed by atoms with Crippen LogP contribution in [0.4, 0.5) is 0 Å². The predicted molar refractivity (Wildman–Crippen MR) is 40.2 cm³/mol. The Labute approximate surface area is 63.8 Å². The summed E-state index contributed by atoms with van der Waals surface area (Å²) in [4.78, 5) is 20.5. The zero-order chi connectivity index (χ0) is 8.15. The minimum Gasteiger partial charge on any atom is -0.476 e. The van der Waals surface area contributed by atoms with Gasteiger partial charge in [0.1, 0.15) is 0 Å². The van der Waals surface area contributed by atoms with Crippen LogP contribution < -0.4 is 0 Å². The molecule has 0 heterocycles. The minimum atomic E-state index is -1.33. The van der Waals surface area contributed by atoms with Gasteiger partial charge in [-0.1, -0.05) is 6.92 Å². The lowest BCUT2D eigenvalue weighted by Gasteiger charge is -2.02. The van der Waals surface area contributed by atoms with Crippen LogP contribution in [-0.2, 0) is 9.59 Å². The van der Waals surface area contributed by atoms with Crippen LogP contribution in [0.3, 0.4) is 0 Å². The predicted octanol–water partition coefficient (Wildman–Crippen LogP) is 0.782. The van der Waals surface area contributed by atoms with Gasteiger partial charge in [-0.25, -0.2) is 4.79 Å². The van der Waals surface area contributed by atoms with E-state index in [9.17, 15) is 9.59 Å². The molecule has 0 aliphatic rings. The smallest absolute Gasteiger partial charge is 0.372 e. The van der Waals surface area contributed by atoms with Gasteiger partial charge in [0.2, 0.25) is 5.78 Å². The topological polar surface area (TPSA) is 54.4 Å². The largest absolute Gasteiger partial charge is 0.476 e. The second-order valence-corrected chi connectivity index (χ2v) is 3.25. The SMILES string of the molecule is CSC(C)CC(=O)C(=O)O. The third kappa shape index (κ3) is 3.50. The summed E-state index contributed by atoms with van der Waals surface area (Å²) in [5.74, 6) is -2.04. The third-order valence-corrected chi connectivity index (χ3v) is 2.09. The molecule has 1 N–H and O–H groups in total. The van der Waals surface area contributed by atoms with Crippen molar-refractivity contribution in [3.8, 4) is 0 Å². The van der Waals surface area contributed by atoms with Crippen LogP contribution in [0.5, 0.6) is 0 Å². The second kappa shape index (κ2) is 4.33. The van der Waals surface area contributed by atoms with Crippen molar-refractivity contribution in [3.05, 3.63) is 0 Å². The number of aliphatic carboxylic acids is 1. The Bertz CT molecular complexity index is 144. The lowest BCUT2D eigenvalue weighted by Crippen LogP contribution is -2.16. The normalized spacial score (nSPS) is 12.6. The molecule has 0 spiro atoms. The monoisotopic (exact) mass is 162 g/mol. The highest BCUT2D eigenvalue weighted by Gasteiger charge is 2.14. The quantitative estimate of drug-likeness (QED) is 0.621. The van der Waals surface area contributed by atoms with Crippen LogP contribution in [0.2, 0.25) is 0 Å². The van der Waals surface area contributed by atoms with Crippen LogP contribution in [0.1, 0.15) is 13.3 Å². The van der Waals surface area contributed by atoms with Crippen LogP contribution in [0, 0.1) is 0 Å². The highest BCUT2D eigenvalue weighted by atomic mass is 32.2. The summed E-state index contributed by atoms with van der Waals surface area (Å²) in [5, 5.41) is 8.27. The molecule has 0 aromatic rings. The van der Waals surface area contributed by atoms with Crippen molar-refractivity contribution in [1.29, 1.82) is 0 Å². The standard InChI is InChI=1S/C6H10O3S/c1-4(10-2)3-5(7)6(8)9/h4H,3H2,1-2H3,(H,8,9). The average Bonchev–Trinajstić information content (AvgIpc) is 1.87. The molecular weight excluding hydrogens is 152 g/mol. The molecule has 0 saturated carbocycles. The van der Waals surface area contributed by atoms with E-state index in [4.69, 9.17) is 5.11 Å². The maximum absolute atomic E-state index is 10.5. The van der Waals surface area contributed by atoms with Gasteiger partial charge in [0, 0.05) is 11.7 Å². The number of Topliss-reactive ketones (excluding diaryl/α,β-unsaturated/α-hetero) is 1. The van der Waals surface area contributed by atoms with Crippen LogP contribution in [-0.4, -0.2) is 28.4 Å². The van der Waals surface area contributed by atoms with Gasteiger partial charge in [0.05, 0.1) is 0 Å². The summed E-state index contributed by atoms with van der Waals surface area (Å²) < 4.78 is 0. The molecule has 0 rings (SSSR count). The Morgan fingerprint density at radius 2 is 2.10 bits per heavy atom. The first-order chi connectivity index (χ1) is 4.57. The zero-order valence-corrected chi connectivity index (χ0v) is 6.77. The van der Waals surface area contributed by atoms with Crippen molar-refractivity contribution in [1.82, 2.24) is 0 Å². The Morgan fingerprint density at radius 3 is 2.40 bits per heavy atom. The first-order valence-corrected chi connectivity index (χ1v) is 4.15. The molecule has 4 heteroatoms. The summed E-state index contributed by atoms with van der Waals surface area (Å²) in [6, 6.07) is 0. The molecule has 0 radical (unpaired) electrons. The number of rotatable bonds is 4. The summed E-state index contributed by atoms with van der Waals surface area (Å²) in [6.07, 6.45) is 1.97. The van der Waals surface area contributed by atoms with Crippen molar-refractivity contribution in [2.45, 2.75) is 18.6 Å². The molecule has 0 aliphatic carbocycles. The first kappa shape index (κ1) is 9.49. The first-order valence-electron chi connectivity index (χ1n) is 2.86. The fraction of sp³-hybridized carbons (Fsp3) is 0.667. The van der Waals surface area contributed by atoms with E-state index in [1.54, 1.807) is 0 Å². The number of carboxylic acid groups (broad SMARTS) is 1. The van der Waals surface area contributed by atoms with Crippen molar-refractivity contribution in [2.75, 3.05) is 6.26 Å². The molecule has 0 aromatic carbocycles. The van der Waals surface area contributed by atoms with Gasteiger partial charge in [-0.05, 0) is 6.26 Å². The molecule has 0 aromatic heterocycles. The van der Waals surface area contributed by atoms with Crippen LogP contribution in [0.25, 0.3) is 0 Å². The maximum Gasteiger partial charge on any atom is 0.372 e. The fourth-order valence-corrected chi connectivity index (χ4v) is 0.750. The van der Waals surface area contributed by atoms with Gasteiger partial charge in [-0.2, -0.15) is 11.8 Å². The number of hydrogen-bond acceptors (Lipinski definition) is 3. The molecule has 1 atom stereocenters. The molecule has 0 fully saturated rings. The average molecular weight is 162 g/mol. The molecule has 58 valence electrons.